The van der Waals surface area contributed by atoms with Gasteiger partial charge in [0, 0.05) is 25.2 Å². The van der Waals surface area contributed by atoms with Gasteiger partial charge in [-0.15, -0.1) is 0 Å². The molecule has 2 aliphatic rings. The van der Waals surface area contributed by atoms with Gasteiger partial charge in [-0.05, 0) is 81.1 Å². The van der Waals surface area contributed by atoms with Crippen LogP contribution in [0.1, 0.15) is 313 Å². The molecule has 0 heterocycles. The molecule has 0 spiro atoms. The third-order valence-electron chi connectivity index (χ3n) is 15.8. The lowest BCUT2D eigenvalue weighted by Gasteiger charge is -2.22. The molecule has 0 aromatic heterocycles. The highest BCUT2D eigenvalue weighted by atomic mass is 16.5. The van der Waals surface area contributed by atoms with Gasteiger partial charge in [0.1, 0.15) is 11.9 Å². The smallest absolute Gasteiger partial charge is 0.320 e. The number of nitrogens with zero attached hydrogens (tertiary/aromatic N) is 1. The first kappa shape index (κ1) is 84.3. The third kappa shape index (κ3) is 54.8. The van der Waals surface area contributed by atoms with Crippen molar-refractivity contribution in [1.29, 1.82) is 0 Å². The molecule has 0 aromatic rings. The molecule has 0 N–H and O–H groups in total. The summed E-state index contributed by atoms with van der Waals surface area (Å²) in [5.74, 6) is 0.766. The monoisotopic (exact) mass is 1180 g/mol. The van der Waals surface area contributed by atoms with Crippen molar-refractivity contribution >= 4 is 35.3 Å². The molecule has 2 rings (SSSR count). The summed E-state index contributed by atoms with van der Waals surface area (Å²) in [7, 11) is 0. The molecule has 0 saturated heterocycles. The number of rotatable bonds is 47. The van der Waals surface area contributed by atoms with E-state index in [0.717, 1.165) is 56.6 Å². The zero-order valence-corrected chi connectivity index (χ0v) is 56.5. The molecular formula is C73H133NO10. The second-order valence-electron chi connectivity index (χ2n) is 23.6. The van der Waals surface area contributed by atoms with Crippen LogP contribution in [-0.4, -0.2) is 85.7 Å². The molecule has 11 nitrogen and oxygen atoms in total. The average Bonchev–Trinajstić information content (AvgIpc) is 3.65. The van der Waals surface area contributed by atoms with Crippen LogP contribution in [-0.2, 0) is 47.7 Å². The van der Waals surface area contributed by atoms with E-state index in [9.17, 15) is 28.8 Å². The van der Waals surface area contributed by atoms with Crippen molar-refractivity contribution in [2.45, 2.75) is 319 Å². The highest BCUT2D eigenvalue weighted by molar-refractivity contribution is 5.92. The lowest BCUT2D eigenvalue weighted by atomic mass is 9.98. The zero-order valence-electron chi connectivity index (χ0n) is 56.5. The van der Waals surface area contributed by atoms with Gasteiger partial charge in [0.15, 0.2) is 17.3 Å². The number of unbranched alkanes of at least 4 members (excludes halogenated alkanes) is 23. The van der Waals surface area contributed by atoms with Crippen LogP contribution in [0.25, 0.3) is 0 Å². The first-order valence-corrected chi connectivity index (χ1v) is 34.7. The van der Waals surface area contributed by atoms with E-state index in [-0.39, 0.29) is 85.0 Å². The molecule has 0 bridgehead atoms. The van der Waals surface area contributed by atoms with Crippen LogP contribution in [0, 0.1) is 23.7 Å². The highest BCUT2D eigenvalue weighted by Crippen LogP contribution is 2.34. The van der Waals surface area contributed by atoms with E-state index >= 15 is 0 Å². The van der Waals surface area contributed by atoms with E-state index in [1.165, 1.54) is 185 Å². The number of allylic oxidation sites excluding steroid dienone is 3. The third-order valence-corrected chi connectivity index (χ3v) is 15.8. The fraction of sp³-hybridized carbons (Fsp3) is 0.808. The predicted octanol–water partition coefficient (Wildman–Crippen LogP) is 19.9. The van der Waals surface area contributed by atoms with Crippen molar-refractivity contribution in [3.05, 3.63) is 49.8 Å². The van der Waals surface area contributed by atoms with E-state index in [0.29, 0.717) is 45.6 Å². The molecule has 2 unspecified atom stereocenters. The maximum absolute atomic E-state index is 12.5. The van der Waals surface area contributed by atoms with Gasteiger partial charge in [-0.3, -0.25) is 33.7 Å². The topological polar surface area (TPSA) is 143 Å². The number of esters is 3. The quantitative estimate of drug-likeness (QED) is 0.0143. The predicted molar refractivity (Wildman–Crippen MR) is 354 cm³/mol. The summed E-state index contributed by atoms with van der Waals surface area (Å²) in [4.78, 5) is 73.0. The minimum Gasteiger partial charge on any atom is -0.497 e. The lowest BCUT2D eigenvalue weighted by molar-refractivity contribution is -0.153. The minimum atomic E-state index is -0.321. The van der Waals surface area contributed by atoms with Crippen LogP contribution in [0.2, 0.25) is 0 Å². The fourth-order valence-electron chi connectivity index (χ4n) is 10.4. The second kappa shape index (κ2) is 63.6. The molecule has 0 aromatic carbocycles. The molecule has 490 valence electrons. The van der Waals surface area contributed by atoms with Gasteiger partial charge in [-0.25, -0.2) is 0 Å². The van der Waals surface area contributed by atoms with Gasteiger partial charge < -0.3 is 18.9 Å². The van der Waals surface area contributed by atoms with E-state index in [4.69, 9.17) is 18.9 Å². The van der Waals surface area contributed by atoms with Gasteiger partial charge in [-0.1, -0.05) is 275 Å². The number of carbonyl (C=O) groups excluding carboxylic acids is 6. The van der Waals surface area contributed by atoms with Crippen molar-refractivity contribution < 1.29 is 47.7 Å². The number of hydrogen-bond acceptors (Lipinski definition) is 11. The number of ketones is 3. The summed E-state index contributed by atoms with van der Waals surface area (Å²) >= 11 is 0. The van der Waals surface area contributed by atoms with Crippen LogP contribution in [0.5, 0.6) is 0 Å². The summed E-state index contributed by atoms with van der Waals surface area (Å²) in [6, 6.07) is 0. The van der Waals surface area contributed by atoms with Crippen LogP contribution < -0.4 is 0 Å². The van der Waals surface area contributed by atoms with Gasteiger partial charge in [0.25, 0.3) is 0 Å². The van der Waals surface area contributed by atoms with Gasteiger partial charge in [-0.2, -0.15) is 0 Å². The molecular weight excluding hydrogens is 1050 g/mol. The Hall–Kier alpha value is -3.86. The Bertz CT molecular complexity index is 1640. The lowest BCUT2D eigenvalue weighted by Crippen LogP contribution is -2.36. The van der Waals surface area contributed by atoms with Crippen LogP contribution in [0.4, 0.5) is 0 Å². The molecule has 2 aliphatic carbocycles. The Labute approximate surface area is 517 Å². The minimum absolute atomic E-state index is 0.00851. The van der Waals surface area contributed by atoms with Crippen molar-refractivity contribution in [2.24, 2.45) is 23.7 Å². The summed E-state index contributed by atoms with van der Waals surface area (Å²) in [5.41, 5.74) is 0. The van der Waals surface area contributed by atoms with Crippen LogP contribution in [0.15, 0.2) is 49.8 Å². The SMILES string of the molecule is C=CC(=O)CC.C=CC(=O)CN(CC(=O)OCCCCCCCC)C/C(=C/C)OCCCCCCCCCCCCCCCOC(=O)CC(C)CC(=O)O[C@H]1CC(C(=O)C=C)C[C@@H]1C.CC.CCC1CCCCCC1.CCCCCCCCC. The Morgan fingerprint density at radius 1 is 0.500 bits per heavy atom. The van der Waals surface area contributed by atoms with E-state index in [1.807, 2.05) is 47.6 Å². The zero-order chi connectivity index (χ0) is 63.3. The molecule has 2 fully saturated rings. The van der Waals surface area contributed by atoms with Crippen LogP contribution in [0.3, 0.4) is 0 Å². The maximum Gasteiger partial charge on any atom is 0.320 e. The summed E-state index contributed by atoms with van der Waals surface area (Å²) in [6.45, 7) is 33.0. The molecule has 4 atom stereocenters. The van der Waals surface area contributed by atoms with Gasteiger partial charge in [0.2, 0.25) is 0 Å². The number of hydrogen-bond donors (Lipinski definition) is 0. The molecule has 0 radical (unpaired) electrons. The molecule has 11 heteroatoms. The van der Waals surface area contributed by atoms with Crippen molar-refractivity contribution in [3.8, 4) is 0 Å². The van der Waals surface area contributed by atoms with E-state index < -0.39 is 0 Å². The Morgan fingerprint density at radius 2 is 0.917 bits per heavy atom. The highest BCUT2D eigenvalue weighted by Gasteiger charge is 2.37. The van der Waals surface area contributed by atoms with Gasteiger partial charge in [0.05, 0.1) is 39.5 Å². The summed E-state index contributed by atoms with van der Waals surface area (Å²) < 4.78 is 22.5. The summed E-state index contributed by atoms with van der Waals surface area (Å²) in [6.07, 6.45) is 50.0. The van der Waals surface area contributed by atoms with E-state index in [1.54, 1.807) is 4.90 Å². The Morgan fingerprint density at radius 3 is 1.31 bits per heavy atom. The standard InChI is InChI=1S/C48H81NO9.C9H18.C9H20.C5H8O.C2H6/c1-7-11-12-13-23-28-31-57-48(54)38-49(36-42(50)8-2)37-43(9-3)55-29-26-24-21-19-17-15-14-16-18-20-22-25-27-30-56-46(52)32-39(5)33-47(53)58-45-35-41(34-40(45)6)44(51)10-4;1-2-9-7-5-3-4-6-8-9;1-3-5-7-9-8-6-4-2;1-3-5(6)4-2;1-2/h8-10,39-41,45H,2,4,7,11-38H2,1,3,5-6H3;9H,2-8H2,1H3;3-9H2,1-2H3;3H,1,4H2,2H3;1-2H3/b43-9-;;;;/t39?,40-,41?,45-;;;;/m0..../s1. The molecule has 84 heavy (non-hydrogen) atoms. The van der Waals surface area contributed by atoms with Crippen molar-refractivity contribution in [3.63, 3.8) is 0 Å². The molecule has 0 aliphatic heterocycles. The van der Waals surface area contributed by atoms with Crippen molar-refractivity contribution in [1.82, 2.24) is 4.90 Å². The molecule has 2 saturated carbocycles. The number of carbonyl (C=O) groups is 6. The van der Waals surface area contributed by atoms with Crippen LogP contribution >= 0.6 is 0 Å². The Kier molecular flexibility index (Phi) is 63.9. The summed E-state index contributed by atoms with van der Waals surface area (Å²) in [5, 5.41) is 0. The maximum atomic E-state index is 12.5. The molecule has 0 amide bonds. The average molecular weight is 1180 g/mol. The number of ether oxygens (including phenoxy) is 4. The first-order valence-electron chi connectivity index (χ1n) is 34.7. The Balaban J connectivity index is -0.00000205. The largest absolute Gasteiger partial charge is 0.497 e. The van der Waals surface area contributed by atoms with Gasteiger partial charge >= 0.3 is 17.9 Å². The fourth-order valence-corrected chi connectivity index (χ4v) is 10.4. The normalized spacial score (nSPS) is 16.0. The first-order chi connectivity index (χ1) is 40.7. The van der Waals surface area contributed by atoms with Crippen molar-refractivity contribution in [2.75, 3.05) is 39.5 Å². The second-order valence-corrected chi connectivity index (χ2v) is 23.6. The van der Waals surface area contributed by atoms with E-state index in [2.05, 4.69) is 47.4 Å².